The van der Waals surface area contributed by atoms with Crippen molar-refractivity contribution in [3.63, 3.8) is 0 Å². The van der Waals surface area contributed by atoms with Crippen LogP contribution in [-0.2, 0) is 24.6 Å². The van der Waals surface area contributed by atoms with Crippen LogP contribution in [0.5, 0.6) is 0 Å². The Morgan fingerprint density at radius 1 is 0.526 bits per heavy atom. The fraction of sp³-hybridized carbons (Fsp3) is 0.140. The minimum Gasteiger partial charge on any atom is -0.289 e. The maximum Gasteiger partial charge on any atom is 0.275 e. The molecule has 0 heterocycles. The number of benzene rings is 7. The highest BCUT2D eigenvalue weighted by molar-refractivity contribution is 8.04. The summed E-state index contributed by atoms with van der Waals surface area (Å²) in [6.07, 6.45) is 1.08. The predicted octanol–water partition coefficient (Wildman–Crippen LogP) is 13.0. The van der Waals surface area contributed by atoms with Crippen LogP contribution in [0.1, 0.15) is 65.9 Å². The molecule has 0 N–H and O–H groups in total. The molecule has 0 saturated heterocycles. The van der Waals surface area contributed by atoms with Crippen molar-refractivity contribution in [1.82, 2.24) is 0 Å². The molecule has 2 aliphatic carbocycles. The van der Waals surface area contributed by atoms with Crippen LogP contribution in [0.4, 0.5) is 0 Å². The molecule has 7 aromatic rings. The molecule has 57 heavy (non-hydrogen) atoms. The summed E-state index contributed by atoms with van der Waals surface area (Å²) >= 11 is 2.63. The van der Waals surface area contributed by atoms with Gasteiger partial charge in [-0.3, -0.25) is 4.79 Å². The smallest absolute Gasteiger partial charge is 0.275 e. The Morgan fingerprint density at radius 3 is 1.84 bits per heavy atom. The van der Waals surface area contributed by atoms with Gasteiger partial charge in [0.25, 0.3) is 10.1 Å². The lowest BCUT2D eigenvalue weighted by Crippen LogP contribution is -2.17. The summed E-state index contributed by atoms with van der Waals surface area (Å²) in [6, 6.07) is 51.7. The Kier molecular flexibility index (Phi) is 9.21. The first-order valence-electron chi connectivity index (χ1n) is 18.9. The average Bonchev–Trinajstić information content (AvgIpc) is 3.60. The van der Waals surface area contributed by atoms with Crippen molar-refractivity contribution >= 4 is 39.7 Å². The molecule has 0 spiro atoms. The highest BCUT2D eigenvalue weighted by atomic mass is 32.3. The zero-order valence-electron chi connectivity index (χ0n) is 32.3. The number of fused-ring (bicyclic) bond motifs is 6. The van der Waals surface area contributed by atoms with E-state index in [-0.39, 0.29) is 16.6 Å². The molecule has 282 valence electrons. The Morgan fingerprint density at radius 2 is 1.11 bits per heavy atom. The van der Waals surface area contributed by atoms with Crippen molar-refractivity contribution in [3.8, 4) is 44.5 Å². The van der Waals surface area contributed by atoms with Gasteiger partial charge in [0, 0.05) is 42.2 Å². The van der Waals surface area contributed by atoms with E-state index in [1.54, 1.807) is 11.8 Å². The van der Waals surface area contributed by atoms with E-state index in [2.05, 4.69) is 131 Å². The van der Waals surface area contributed by atoms with E-state index in [1.807, 2.05) is 48.5 Å². The number of rotatable bonds is 9. The van der Waals surface area contributed by atoms with Gasteiger partial charge in [0.1, 0.15) is 0 Å². The van der Waals surface area contributed by atoms with Crippen molar-refractivity contribution in [2.75, 3.05) is 6.26 Å². The molecular weight excluding hydrogens is 761 g/mol. The van der Waals surface area contributed by atoms with Crippen LogP contribution in [-0.4, -0.2) is 20.5 Å². The van der Waals surface area contributed by atoms with Crippen molar-refractivity contribution < 1.29 is 16.8 Å². The molecule has 0 saturated carbocycles. The summed E-state index contributed by atoms with van der Waals surface area (Å²) in [4.78, 5) is 16.5. The van der Waals surface area contributed by atoms with Crippen LogP contribution in [0.3, 0.4) is 0 Å². The molecule has 0 fully saturated rings. The quantitative estimate of drug-likeness (QED) is 0.107. The van der Waals surface area contributed by atoms with Crippen LogP contribution in [0.15, 0.2) is 166 Å². The van der Waals surface area contributed by atoms with Crippen LogP contribution < -0.4 is 0 Å². The highest BCUT2D eigenvalue weighted by Crippen LogP contribution is 2.55. The van der Waals surface area contributed by atoms with Gasteiger partial charge in [0.2, 0.25) is 0 Å². The third-order valence-electron chi connectivity index (χ3n) is 11.4. The molecule has 0 bridgehead atoms. The lowest BCUT2D eigenvalue weighted by atomic mass is 9.78. The minimum absolute atomic E-state index is 0.0283. The molecular formula is C50H40O4S3. The maximum absolute atomic E-state index is 13.4. The van der Waals surface area contributed by atoms with Gasteiger partial charge >= 0.3 is 0 Å². The summed E-state index contributed by atoms with van der Waals surface area (Å²) < 4.78 is 29.9. The van der Waals surface area contributed by atoms with Gasteiger partial charge in [0.15, 0.2) is 5.78 Å². The van der Waals surface area contributed by atoms with E-state index in [4.69, 9.17) is 3.63 Å². The summed E-state index contributed by atoms with van der Waals surface area (Å²) in [6.45, 7) is 9.03. The molecule has 2 aliphatic rings. The lowest BCUT2D eigenvalue weighted by Gasteiger charge is -2.26. The fourth-order valence-corrected chi connectivity index (χ4v) is 11.3. The van der Waals surface area contributed by atoms with E-state index in [0.29, 0.717) is 11.1 Å². The molecule has 0 aromatic heterocycles. The van der Waals surface area contributed by atoms with E-state index in [0.717, 1.165) is 55.9 Å². The van der Waals surface area contributed by atoms with Crippen LogP contribution in [0.25, 0.3) is 44.5 Å². The second kappa shape index (κ2) is 14.0. The molecule has 0 unspecified atom stereocenters. The second-order valence-corrected chi connectivity index (χ2v) is 19.5. The van der Waals surface area contributed by atoms with E-state index in [9.17, 15) is 13.2 Å². The molecule has 0 amide bonds. The normalized spacial score (nSPS) is 14.4. The average molecular weight is 801 g/mol. The number of hydrogen-bond acceptors (Lipinski definition) is 6. The number of carbonyl (C=O) groups is 1. The van der Waals surface area contributed by atoms with Crippen molar-refractivity contribution in [2.24, 2.45) is 0 Å². The first-order valence-corrected chi connectivity index (χ1v) is 22.3. The van der Waals surface area contributed by atoms with Crippen LogP contribution in [0, 0.1) is 0 Å². The third-order valence-corrected chi connectivity index (χ3v) is 14.3. The fourth-order valence-electron chi connectivity index (χ4n) is 8.92. The van der Waals surface area contributed by atoms with Gasteiger partial charge < -0.3 is 0 Å². The lowest BCUT2D eigenvalue weighted by molar-refractivity contribution is 0.103. The number of carbonyl (C=O) groups excluding carboxylic acids is 1. The zero-order valence-corrected chi connectivity index (χ0v) is 34.7. The van der Waals surface area contributed by atoms with Gasteiger partial charge in [-0.2, -0.15) is 12.0 Å². The van der Waals surface area contributed by atoms with Gasteiger partial charge in [-0.15, -0.1) is 0 Å². The minimum atomic E-state index is -3.71. The highest BCUT2D eigenvalue weighted by Gasteiger charge is 2.39. The van der Waals surface area contributed by atoms with Gasteiger partial charge in [-0.05, 0) is 91.5 Å². The van der Waals surface area contributed by atoms with E-state index in [1.165, 1.54) is 43.8 Å². The summed E-state index contributed by atoms with van der Waals surface area (Å²) in [5.41, 5.74) is 14.5. The predicted molar refractivity (Wildman–Crippen MR) is 235 cm³/mol. The molecule has 7 heteroatoms. The summed E-state index contributed by atoms with van der Waals surface area (Å²) in [5, 5.41) is 0. The van der Waals surface area contributed by atoms with Gasteiger partial charge in [0.05, 0.1) is 18.3 Å². The van der Waals surface area contributed by atoms with Crippen LogP contribution >= 0.6 is 23.8 Å². The molecule has 4 nitrogen and oxygen atoms in total. The Balaban J connectivity index is 1.08. The van der Waals surface area contributed by atoms with Gasteiger partial charge in [-0.1, -0.05) is 161 Å². The first-order chi connectivity index (χ1) is 27.3. The van der Waals surface area contributed by atoms with Crippen LogP contribution in [0.2, 0.25) is 0 Å². The SMILES string of the molecule is CC1(C)c2cc(C(=O)c3ccccc3)ccc2-c2cccc(Sc3ccc(-c4cccc(SOS(C)(=O)=O)c4-c4cccc5c4C(C)(C)c4ccccc4-5)cc3)c21. The van der Waals surface area contributed by atoms with Crippen molar-refractivity contribution in [2.45, 2.75) is 53.2 Å². The topological polar surface area (TPSA) is 60.4 Å². The van der Waals surface area contributed by atoms with Crippen molar-refractivity contribution in [3.05, 3.63) is 185 Å². The number of ketones is 1. The van der Waals surface area contributed by atoms with Crippen molar-refractivity contribution in [1.29, 1.82) is 0 Å². The summed E-state index contributed by atoms with van der Waals surface area (Å²) in [7, 11) is -3.71. The molecule has 0 atom stereocenters. The Hall–Kier alpha value is -5.18. The largest absolute Gasteiger partial charge is 0.289 e. The Labute approximate surface area is 343 Å². The zero-order chi connectivity index (χ0) is 39.7. The monoisotopic (exact) mass is 800 g/mol. The third kappa shape index (κ3) is 6.47. The molecule has 7 aromatic carbocycles. The van der Waals surface area contributed by atoms with Gasteiger partial charge in [-0.25, -0.2) is 0 Å². The van der Waals surface area contributed by atoms with E-state index >= 15 is 0 Å². The second-order valence-electron chi connectivity index (χ2n) is 15.8. The molecule has 9 rings (SSSR count). The summed E-state index contributed by atoms with van der Waals surface area (Å²) in [5.74, 6) is 0.0283. The molecule has 0 radical (unpaired) electrons. The first kappa shape index (κ1) is 37.4. The molecule has 0 aliphatic heterocycles. The Bertz CT molecular complexity index is 2860. The maximum atomic E-state index is 13.4. The number of hydrogen-bond donors (Lipinski definition) is 0. The van der Waals surface area contributed by atoms with E-state index < -0.39 is 10.1 Å². The standard InChI is InChI=1S/C50H40O4S3/c1-49(2)41-21-10-9-16-36(41)38-18-11-20-40(46(38)49)45-35(17-12-22-43(45)56-54-57(5,52)53)31-24-27-34(28-25-31)55-44-23-13-19-39-37-29-26-33(30-42(37)50(3,4)47(39)44)48(51)32-14-7-6-8-15-32/h6-30H,1-5H3.